The molecule has 2 N–H and O–H groups in total. The summed E-state index contributed by atoms with van der Waals surface area (Å²) in [6.45, 7) is 3.89. The van der Waals surface area contributed by atoms with Gasteiger partial charge in [-0.05, 0) is 32.2 Å². The van der Waals surface area contributed by atoms with Gasteiger partial charge < -0.3 is 10.5 Å². The molecule has 18 heavy (non-hydrogen) atoms. The Hall–Kier alpha value is -0.210. The molecule has 0 spiro atoms. The Balaban J connectivity index is 2.72. The SMILES string of the molecule is COCC(C)N(C)S(=O)(=O)N1CCCC(CN)C1. The molecule has 108 valence electrons. The molecule has 0 bridgehead atoms. The highest BCUT2D eigenvalue weighted by atomic mass is 32.2. The normalized spacial score (nSPS) is 24.4. The van der Waals surface area contributed by atoms with E-state index >= 15 is 0 Å². The minimum absolute atomic E-state index is 0.168. The van der Waals surface area contributed by atoms with Gasteiger partial charge in [0, 0.05) is 33.3 Å². The number of methoxy groups -OCH3 is 1. The molecule has 2 atom stereocenters. The van der Waals surface area contributed by atoms with Crippen molar-refractivity contribution < 1.29 is 13.2 Å². The van der Waals surface area contributed by atoms with Crippen molar-refractivity contribution in [3.63, 3.8) is 0 Å². The van der Waals surface area contributed by atoms with Crippen molar-refractivity contribution in [2.24, 2.45) is 11.7 Å². The molecule has 6 nitrogen and oxygen atoms in total. The molecular weight excluding hydrogens is 254 g/mol. The van der Waals surface area contributed by atoms with Gasteiger partial charge in [-0.2, -0.15) is 17.0 Å². The van der Waals surface area contributed by atoms with E-state index in [-0.39, 0.29) is 12.0 Å². The Morgan fingerprint density at radius 2 is 2.22 bits per heavy atom. The van der Waals surface area contributed by atoms with E-state index < -0.39 is 10.2 Å². The molecule has 0 aromatic heterocycles. The number of hydrogen-bond acceptors (Lipinski definition) is 4. The predicted molar refractivity (Wildman–Crippen MR) is 71.4 cm³/mol. The lowest BCUT2D eigenvalue weighted by atomic mass is 10.0. The van der Waals surface area contributed by atoms with Crippen molar-refractivity contribution in [3.05, 3.63) is 0 Å². The van der Waals surface area contributed by atoms with Gasteiger partial charge in [0.15, 0.2) is 0 Å². The van der Waals surface area contributed by atoms with E-state index in [4.69, 9.17) is 10.5 Å². The maximum Gasteiger partial charge on any atom is 0.282 e. The third kappa shape index (κ3) is 3.64. The number of nitrogens with two attached hydrogens (primary N) is 1. The maximum absolute atomic E-state index is 12.4. The quantitative estimate of drug-likeness (QED) is 0.735. The monoisotopic (exact) mass is 279 g/mol. The fraction of sp³-hybridized carbons (Fsp3) is 1.00. The third-order valence-corrected chi connectivity index (χ3v) is 5.61. The molecule has 1 aliphatic rings. The molecule has 1 rings (SSSR count). The van der Waals surface area contributed by atoms with Crippen LogP contribution in [0.15, 0.2) is 0 Å². The van der Waals surface area contributed by atoms with E-state index in [0.717, 1.165) is 12.8 Å². The van der Waals surface area contributed by atoms with Crippen LogP contribution in [-0.4, -0.2) is 63.5 Å². The van der Waals surface area contributed by atoms with Gasteiger partial charge in [0.1, 0.15) is 0 Å². The van der Waals surface area contributed by atoms with Crippen molar-refractivity contribution in [2.45, 2.75) is 25.8 Å². The van der Waals surface area contributed by atoms with Crippen molar-refractivity contribution in [1.29, 1.82) is 0 Å². The first-order valence-electron chi connectivity index (χ1n) is 6.35. The molecule has 7 heteroatoms. The second kappa shape index (κ2) is 6.81. The van der Waals surface area contributed by atoms with Gasteiger partial charge in [-0.1, -0.05) is 0 Å². The maximum atomic E-state index is 12.4. The number of hydrogen-bond donors (Lipinski definition) is 1. The molecule has 1 heterocycles. The lowest BCUT2D eigenvalue weighted by Crippen LogP contribution is -2.50. The largest absolute Gasteiger partial charge is 0.383 e. The molecule has 0 aliphatic carbocycles. The van der Waals surface area contributed by atoms with Gasteiger partial charge in [0.25, 0.3) is 10.2 Å². The van der Waals surface area contributed by atoms with E-state index in [0.29, 0.717) is 26.2 Å². The number of rotatable bonds is 6. The van der Waals surface area contributed by atoms with Crippen molar-refractivity contribution in [1.82, 2.24) is 8.61 Å². The van der Waals surface area contributed by atoms with Gasteiger partial charge in [0.05, 0.1) is 6.61 Å². The minimum Gasteiger partial charge on any atom is -0.383 e. The van der Waals surface area contributed by atoms with E-state index in [1.165, 1.54) is 4.31 Å². The molecule has 0 aromatic rings. The Kier molecular flexibility index (Phi) is 6.00. The summed E-state index contributed by atoms with van der Waals surface area (Å²) >= 11 is 0. The van der Waals surface area contributed by atoms with E-state index in [2.05, 4.69) is 0 Å². The third-order valence-electron chi connectivity index (χ3n) is 3.53. The summed E-state index contributed by atoms with van der Waals surface area (Å²) in [7, 11) is -0.221. The first-order valence-corrected chi connectivity index (χ1v) is 7.75. The molecule has 0 saturated carbocycles. The smallest absolute Gasteiger partial charge is 0.282 e. The van der Waals surface area contributed by atoms with Crippen LogP contribution in [0.4, 0.5) is 0 Å². The van der Waals surface area contributed by atoms with E-state index in [1.807, 2.05) is 6.92 Å². The Labute approximate surface area is 110 Å². The minimum atomic E-state index is -3.40. The predicted octanol–water partition coefficient (Wildman–Crippen LogP) is -0.131. The van der Waals surface area contributed by atoms with Gasteiger partial charge in [-0.15, -0.1) is 0 Å². The molecule has 1 aliphatic heterocycles. The summed E-state index contributed by atoms with van der Waals surface area (Å²) in [5, 5.41) is 0. The fourth-order valence-electron chi connectivity index (χ4n) is 2.18. The number of ether oxygens (including phenoxy) is 1. The lowest BCUT2D eigenvalue weighted by Gasteiger charge is -2.35. The molecular formula is C11H25N3O3S. The number of nitrogens with zero attached hydrogens (tertiary/aromatic N) is 2. The van der Waals surface area contributed by atoms with Crippen molar-refractivity contribution >= 4 is 10.2 Å². The molecule has 0 amide bonds. The lowest BCUT2D eigenvalue weighted by molar-refractivity contribution is 0.144. The van der Waals surface area contributed by atoms with Crippen molar-refractivity contribution in [3.8, 4) is 0 Å². The van der Waals surface area contributed by atoms with Gasteiger partial charge in [0.2, 0.25) is 0 Å². The summed E-state index contributed by atoms with van der Waals surface area (Å²) in [5.74, 6) is 0.277. The zero-order valence-corrected chi connectivity index (χ0v) is 12.3. The van der Waals surface area contributed by atoms with E-state index in [9.17, 15) is 8.42 Å². The average Bonchev–Trinajstić information content (AvgIpc) is 2.38. The highest BCUT2D eigenvalue weighted by Gasteiger charge is 2.33. The van der Waals surface area contributed by atoms with Gasteiger partial charge >= 0.3 is 0 Å². The van der Waals surface area contributed by atoms with Crippen LogP contribution in [0.25, 0.3) is 0 Å². The van der Waals surface area contributed by atoms with Gasteiger partial charge in [-0.25, -0.2) is 0 Å². The van der Waals surface area contributed by atoms with Crippen LogP contribution >= 0.6 is 0 Å². The highest BCUT2D eigenvalue weighted by molar-refractivity contribution is 7.86. The molecule has 2 unspecified atom stereocenters. The molecule has 1 saturated heterocycles. The first-order chi connectivity index (χ1) is 8.43. The zero-order chi connectivity index (χ0) is 13.8. The average molecular weight is 279 g/mol. The summed E-state index contributed by atoms with van der Waals surface area (Å²) in [6, 6.07) is -0.168. The molecule has 0 aromatic carbocycles. The van der Waals surface area contributed by atoms with Crippen LogP contribution in [0.3, 0.4) is 0 Å². The molecule has 1 fully saturated rings. The Morgan fingerprint density at radius 1 is 1.56 bits per heavy atom. The highest BCUT2D eigenvalue weighted by Crippen LogP contribution is 2.20. The van der Waals surface area contributed by atoms with Crippen LogP contribution in [-0.2, 0) is 14.9 Å². The summed E-state index contributed by atoms with van der Waals surface area (Å²) < 4.78 is 32.8. The first kappa shape index (κ1) is 15.8. The summed E-state index contributed by atoms with van der Waals surface area (Å²) in [5.41, 5.74) is 5.64. The standard InChI is InChI=1S/C11H25N3O3S/c1-10(9-17-3)13(2)18(15,16)14-6-4-5-11(7-12)8-14/h10-11H,4-9,12H2,1-3H3. The molecule has 0 radical (unpaired) electrons. The van der Waals surface area contributed by atoms with Crippen LogP contribution in [0.2, 0.25) is 0 Å². The Bertz CT molecular complexity index is 347. The topological polar surface area (TPSA) is 75.9 Å². The summed E-state index contributed by atoms with van der Waals surface area (Å²) in [6.07, 6.45) is 1.90. The summed E-state index contributed by atoms with van der Waals surface area (Å²) in [4.78, 5) is 0. The fourth-order valence-corrected chi connectivity index (χ4v) is 3.82. The number of likely N-dealkylation sites (N-methyl/N-ethyl adjacent to an activating group) is 1. The van der Waals surface area contributed by atoms with Crippen LogP contribution < -0.4 is 5.73 Å². The number of piperidine rings is 1. The van der Waals surface area contributed by atoms with Crippen molar-refractivity contribution in [2.75, 3.05) is 40.4 Å². The second-order valence-corrected chi connectivity index (χ2v) is 6.92. The van der Waals surface area contributed by atoms with Crippen LogP contribution in [0, 0.1) is 5.92 Å². The van der Waals surface area contributed by atoms with Crippen LogP contribution in [0.1, 0.15) is 19.8 Å². The second-order valence-electron chi connectivity index (χ2n) is 4.93. The Morgan fingerprint density at radius 3 is 2.78 bits per heavy atom. The van der Waals surface area contributed by atoms with Crippen LogP contribution in [0.5, 0.6) is 0 Å². The van der Waals surface area contributed by atoms with Gasteiger partial charge in [-0.3, -0.25) is 0 Å². The zero-order valence-electron chi connectivity index (χ0n) is 11.5. The van der Waals surface area contributed by atoms with E-state index in [1.54, 1.807) is 18.5 Å².